The molecule has 1 saturated carbocycles. The number of nitrogens with zero attached hydrogens (tertiary/aromatic N) is 4. The van der Waals surface area contributed by atoms with Crippen molar-refractivity contribution in [2.24, 2.45) is 11.8 Å². The van der Waals surface area contributed by atoms with Gasteiger partial charge in [0, 0.05) is 32.6 Å². The standard InChI is InChI=1S/C17H26N4O2/c1-4-19(3)17(23)14-10-18-21-7-5-6-20(11-15(14)21)16(22)13-8-12(2)9-13/h10,12-13H,4-9,11H2,1-3H3. The fourth-order valence-corrected chi connectivity index (χ4v) is 3.52. The lowest BCUT2D eigenvalue weighted by atomic mass is 9.75. The van der Waals surface area contributed by atoms with Gasteiger partial charge in [-0.25, -0.2) is 0 Å². The number of hydrogen-bond donors (Lipinski definition) is 0. The number of fused-ring (bicyclic) bond motifs is 1. The van der Waals surface area contributed by atoms with Gasteiger partial charge in [-0.2, -0.15) is 5.10 Å². The second-order valence-corrected chi connectivity index (χ2v) is 6.93. The molecule has 1 fully saturated rings. The molecule has 0 radical (unpaired) electrons. The van der Waals surface area contributed by atoms with E-state index in [0.29, 0.717) is 24.6 Å². The summed E-state index contributed by atoms with van der Waals surface area (Å²) in [4.78, 5) is 28.8. The second-order valence-electron chi connectivity index (χ2n) is 6.93. The molecule has 0 bridgehead atoms. The van der Waals surface area contributed by atoms with E-state index in [1.54, 1.807) is 18.1 Å². The minimum atomic E-state index is -0.0136. The molecule has 0 N–H and O–H groups in total. The van der Waals surface area contributed by atoms with Crippen LogP contribution >= 0.6 is 0 Å². The van der Waals surface area contributed by atoms with Crippen LogP contribution in [-0.4, -0.2) is 51.5 Å². The summed E-state index contributed by atoms with van der Waals surface area (Å²) in [5.41, 5.74) is 1.52. The van der Waals surface area contributed by atoms with Crippen molar-refractivity contribution in [1.29, 1.82) is 0 Å². The molecule has 0 saturated heterocycles. The van der Waals surface area contributed by atoms with Gasteiger partial charge in [0.05, 0.1) is 24.0 Å². The lowest BCUT2D eigenvalue weighted by molar-refractivity contribution is -0.140. The first-order chi connectivity index (χ1) is 11.0. The molecule has 1 aliphatic carbocycles. The summed E-state index contributed by atoms with van der Waals surface area (Å²) in [5.74, 6) is 1.08. The van der Waals surface area contributed by atoms with Gasteiger partial charge in [0.1, 0.15) is 0 Å². The molecule has 126 valence electrons. The Labute approximate surface area is 137 Å². The summed E-state index contributed by atoms with van der Waals surface area (Å²) in [6, 6.07) is 0. The number of aryl methyl sites for hydroxylation is 1. The average Bonchev–Trinajstić information content (AvgIpc) is 2.79. The summed E-state index contributed by atoms with van der Waals surface area (Å²) in [6.07, 6.45) is 4.54. The maximum absolute atomic E-state index is 12.7. The number of amides is 2. The zero-order valence-electron chi connectivity index (χ0n) is 14.3. The molecule has 1 aliphatic heterocycles. The largest absolute Gasteiger partial charge is 0.342 e. The van der Waals surface area contributed by atoms with E-state index in [9.17, 15) is 9.59 Å². The minimum Gasteiger partial charge on any atom is -0.342 e. The van der Waals surface area contributed by atoms with E-state index < -0.39 is 0 Å². The molecule has 6 nitrogen and oxygen atoms in total. The van der Waals surface area contributed by atoms with Crippen molar-refractivity contribution in [1.82, 2.24) is 19.6 Å². The number of aromatic nitrogens is 2. The highest BCUT2D eigenvalue weighted by atomic mass is 16.2. The van der Waals surface area contributed by atoms with Crippen molar-refractivity contribution in [3.05, 3.63) is 17.5 Å². The third kappa shape index (κ3) is 2.99. The molecule has 2 heterocycles. The van der Waals surface area contributed by atoms with Crippen molar-refractivity contribution in [2.45, 2.75) is 46.2 Å². The summed E-state index contributed by atoms with van der Waals surface area (Å²) < 4.78 is 1.90. The van der Waals surface area contributed by atoms with Crippen LogP contribution in [-0.2, 0) is 17.9 Å². The van der Waals surface area contributed by atoms with Crippen LogP contribution in [0.25, 0.3) is 0 Å². The van der Waals surface area contributed by atoms with Crippen LogP contribution in [0.1, 0.15) is 49.2 Å². The Hall–Kier alpha value is -1.85. The zero-order chi connectivity index (χ0) is 16.6. The van der Waals surface area contributed by atoms with Gasteiger partial charge in [-0.05, 0) is 32.1 Å². The van der Waals surface area contributed by atoms with Crippen LogP contribution in [0.15, 0.2) is 6.20 Å². The maximum Gasteiger partial charge on any atom is 0.257 e. The molecule has 2 aliphatic rings. The monoisotopic (exact) mass is 318 g/mol. The van der Waals surface area contributed by atoms with Crippen molar-refractivity contribution < 1.29 is 9.59 Å². The molecule has 6 heteroatoms. The lowest BCUT2D eigenvalue weighted by Gasteiger charge is -2.35. The summed E-state index contributed by atoms with van der Waals surface area (Å²) in [5, 5.41) is 4.37. The summed E-state index contributed by atoms with van der Waals surface area (Å²) in [7, 11) is 1.79. The fraction of sp³-hybridized carbons (Fsp3) is 0.706. The molecule has 23 heavy (non-hydrogen) atoms. The second kappa shape index (κ2) is 6.34. The third-order valence-electron chi connectivity index (χ3n) is 5.17. The average molecular weight is 318 g/mol. The van der Waals surface area contributed by atoms with Crippen LogP contribution in [0.4, 0.5) is 0 Å². The maximum atomic E-state index is 12.7. The summed E-state index contributed by atoms with van der Waals surface area (Å²) >= 11 is 0. The highest BCUT2D eigenvalue weighted by Gasteiger charge is 2.35. The Kier molecular flexibility index (Phi) is 4.41. The SMILES string of the molecule is CCN(C)C(=O)c1cnn2c1CN(C(=O)C1CC(C)C1)CCC2. The Morgan fingerprint density at radius 2 is 2.09 bits per heavy atom. The van der Waals surface area contributed by atoms with Crippen molar-refractivity contribution >= 4 is 11.8 Å². The molecule has 2 amide bonds. The van der Waals surface area contributed by atoms with Gasteiger partial charge in [-0.15, -0.1) is 0 Å². The first-order valence-corrected chi connectivity index (χ1v) is 8.60. The summed E-state index contributed by atoms with van der Waals surface area (Å²) in [6.45, 7) is 6.83. The van der Waals surface area contributed by atoms with E-state index in [4.69, 9.17) is 0 Å². The minimum absolute atomic E-state index is 0.0136. The van der Waals surface area contributed by atoms with E-state index in [1.165, 1.54) is 0 Å². The predicted molar refractivity (Wildman–Crippen MR) is 86.8 cm³/mol. The molecule has 1 aromatic heterocycles. The number of hydrogen-bond acceptors (Lipinski definition) is 3. The third-order valence-corrected chi connectivity index (χ3v) is 5.17. The molecule has 0 aromatic carbocycles. The molecule has 0 unspecified atom stereocenters. The number of rotatable bonds is 3. The molecule has 1 aromatic rings. The normalized spacial score (nSPS) is 23.7. The van der Waals surface area contributed by atoms with Crippen LogP contribution < -0.4 is 0 Å². The van der Waals surface area contributed by atoms with Crippen molar-refractivity contribution in [3.63, 3.8) is 0 Å². The fourth-order valence-electron chi connectivity index (χ4n) is 3.52. The van der Waals surface area contributed by atoms with Gasteiger partial charge < -0.3 is 9.80 Å². The van der Waals surface area contributed by atoms with E-state index in [2.05, 4.69) is 12.0 Å². The Morgan fingerprint density at radius 3 is 2.74 bits per heavy atom. The van der Waals surface area contributed by atoms with E-state index in [-0.39, 0.29) is 17.7 Å². The van der Waals surface area contributed by atoms with Crippen molar-refractivity contribution in [2.75, 3.05) is 20.1 Å². The van der Waals surface area contributed by atoms with Crippen LogP contribution in [0.5, 0.6) is 0 Å². The molecular formula is C17H26N4O2. The van der Waals surface area contributed by atoms with E-state index >= 15 is 0 Å². The quantitative estimate of drug-likeness (QED) is 0.853. The highest BCUT2D eigenvalue weighted by molar-refractivity contribution is 5.95. The van der Waals surface area contributed by atoms with Crippen molar-refractivity contribution in [3.8, 4) is 0 Å². The number of carbonyl (C=O) groups is 2. The molecule has 0 atom stereocenters. The van der Waals surface area contributed by atoms with Gasteiger partial charge in [-0.1, -0.05) is 6.92 Å². The van der Waals surface area contributed by atoms with Crippen LogP contribution in [0.2, 0.25) is 0 Å². The number of carbonyl (C=O) groups excluding carboxylic acids is 2. The van der Waals surface area contributed by atoms with Gasteiger partial charge in [0.2, 0.25) is 5.91 Å². The van der Waals surface area contributed by atoms with E-state index in [0.717, 1.165) is 38.0 Å². The van der Waals surface area contributed by atoms with Gasteiger partial charge in [0.15, 0.2) is 0 Å². The van der Waals surface area contributed by atoms with Gasteiger partial charge >= 0.3 is 0 Å². The zero-order valence-corrected chi connectivity index (χ0v) is 14.3. The van der Waals surface area contributed by atoms with Crippen LogP contribution in [0.3, 0.4) is 0 Å². The predicted octanol–water partition coefficient (Wildman–Crippen LogP) is 1.75. The Balaban J connectivity index is 1.80. The molecular weight excluding hydrogens is 292 g/mol. The van der Waals surface area contributed by atoms with Gasteiger partial charge in [-0.3, -0.25) is 14.3 Å². The van der Waals surface area contributed by atoms with E-state index in [1.807, 2.05) is 16.5 Å². The molecule has 0 spiro atoms. The smallest absolute Gasteiger partial charge is 0.257 e. The van der Waals surface area contributed by atoms with Gasteiger partial charge in [0.25, 0.3) is 5.91 Å². The Morgan fingerprint density at radius 1 is 1.35 bits per heavy atom. The lowest BCUT2D eigenvalue weighted by Crippen LogP contribution is -2.41. The topological polar surface area (TPSA) is 58.4 Å². The first kappa shape index (κ1) is 16.0. The molecule has 3 rings (SSSR count). The highest BCUT2D eigenvalue weighted by Crippen LogP contribution is 2.35. The first-order valence-electron chi connectivity index (χ1n) is 8.60. The Bertz CT molecular complexity index is 604. The van der Waals surface area contributed by atoms with Crippen LogP contribution in [0, 0.1) is 11.8 Å².